The van der Waals surface area contributed by atoms with Gasteiger partial charge in [-0.05, 0) is 47.8 Å². The normalized spacial score (nSPS) is 11.3. The van der Waals surface area contributed by atoms with Crippen LogP contribution in [0, 0.1) is 0 Å². The number of thiazole rings is 2. The molecule has 2 aromatic heterocycles. The molecule has 13 heteroatoms. The lowest BCUT2D eigenvalue weighted by Crippen LogP contribution is -2.27. The van der Waals surface area contributed by atoms with Crippen LogP contribution in [0.4, 0.5) is 19.9 Å². The number of ether oxygens (including phenoxy) is 4. The molecule has 10 nitrogen and oxygen atoms in total. The van der Waals surface area contributed by atoms with Gasteiger partial charge in [-0.15, -0.1) is 23.1 Å². The summed E-state index contributed by atoms with van der Waals surface area (Å²) in [4.78, 5) is 31.4. The van der Waals surface area contributed by atoms with E-state index in [1.807, 2.05) is 53.2 Å². The first-order valence-electron chi connectivity index (χ1n) is 10.2. The van der Waals surface area contributed by atoms with Crippen molar-refractivity contribution in [3.05, 3.63) is 16.8 Å². The number of methoxy groups -OCH3 is 2. The van der Waals surface area contributed by atoms with Crippen molar-refractivity contribution in [2.24, 2.45) is 0 Å². The molecule has 2 heterocycles. The van der Waals surface area contributed by atoms with Gasteiger partial charge in [0.2, 0.25) is 0 Å². The minimum atomic E-state index is -0.515. The van der Waals surface area contributed by atoms with E-state index >= 15 is 0 Å². The maximum Gasteiger partial charge on any atom is 0.413 e. The molecule has 34 heavy (non-hydrogen) atoms. The molecule has 0 aliphatic heterocycles. The fourth-order valence-electron chi connectivity index (χ4n) is 2.14. The Balaban J connectivity index is 0.000000342. The van der Waals surface area contributed by atoms with Gasteiger partial charge >= 0.3 is 12.2 Å². The fourth-order valence-corrected chi connectivity index (χ4v) is 4.42. The summed E-state index contributed by atoms with van der Waals surface area (Å²) in [5.41, 5.74) is 0.607. The van der Waals surface area contributed by atoms with E-state index in [4.69, 9.17) is 18.9 Å². The molecule has 2 rings (SSSR count). The van der Waals surface area contributed by atoms with Crippen LogP contribution in [0.15, 0.2) is 9.59 Å². The Labute approximate surface area is 213 Å². The van der Waals surface area contributed by atoms with Crippen molar-refractivity contribution in [2.75, 3.05) is 31.1 Å². The highest BCUT2D eigenvalue weighted by atomic mass is 32.2. The highest BCUT2D eigenvalue weighted by Crippen LogP contribution is 2.31. The number of amides is 2. The van der Waals surface area contributed by atoms with Crippen LogP contribution in [-0.2, 0) is 32.2 Å². The number of carbonyl (C=O) groups is 2. The van der Waals surface area contributed by atoms with Crippen molar-refractivity contribution < 1.29 is 28.5 Å². The third-order valence-corrected chi connectivity index (χ3v) is 6.16. The zero-order valence-electron chi connectivity index (χ0n) is 21.1. The Morgan fingerprint density at radius 2 is 1.44 bits per heavy atom. The SMILES string of the molecule is COCc1csc(NC(=O)OC(C)(C)C)n1.COCc1nc(NC(=O)OC(C)(C)C)sc1SC. The number of anilines is 2. The third-order valence-electron chi connectivity index (χ3n) is 3.19. The molecule has 2 amide bonds. The Morgan fingerprint density at radius 1 is 0.912 bits per heavy atom. The van der Waals surface area contributed by atoms with Crippen LogP contribution in [0.25, 0.3) is 0 Å². The third kappa shape index (κ3) is 12.5. The van der Waals surface area contributed by atoms with Gasteiger partial charge in [-0.1, -0.05) is 11.3 Å². The van der Waals surface area contributed by atoms with Gasteiger partial charge in [0, 0.05) is 19.6 Å². The molecular formula is C21H34N4O6S3. The minimum absolute atomic E-state index is 0.433. The standard InChI is InChI=1S/C11H18N2O3S2.C10H16N2O3S/c1-11(2,3)16-10(14)13-9-12-7(6-15-4)8(17-5)18-9;1-10(2,3)15-9(13)12-8-11-7(5-14-4)6-16-8/h6H2,1-5H3,(H,12,13,14);6H,5H2,1-4H3,(H,11,12,13). The Bertz CT molecular complexity index is 918. The number of thioether (sulfide) groups is 1. The molecule has 2 N–H and O–H groups in total. The summed E-state index contributed by atoms with van der Waals surface area (Å²) in [7, 11) is 3.21. The molecule has 0 fully saturated rings. The largest absolute Gasteiger partial charge is 0.444 e. The minimum Gasteiger partial charge on any atom is -0.444 e. The highest BCUT2D eigenvalue weighted by Gasteiger charge is 2.19. The van der Waals surface area contributed by atoms with Crippen LogP contribution in [0.3, 0.4) is 0 Å². The summed E-state index contributed by atoms with van der Waals surface area (Å²) >= 11 is 4.33. The second-order valence-electron chi connectivity index (χ2n) is 8.72. The summed E-state index contributed by atoms with van der Waals surface area (Å²) in [6.07, 6.45) is 0.975. The molecule has 0 aliphatic carbocycles. The van der Waals surface area contributed by atoms with Crippen molar-refractivity contribution in [3.8, 4) is 0 Å². The summed E-state index contributed by atoms with van der Waals surface area (Å²) < 4.78 is 21.3. The molecule has 0 radical (unpaired) electrons. The van der Waals surface area contributed by atoms with Crippen molar-refractivity contribution in [3.63, 3.8) is 0 Å². The number of rotatable bonds is 7. The number of hydrogen-bond acceptors (Lipinski definition) is 11. The van der Waals surface area contributed by atoms with E-state index in [2.05, 4.69) is 20.6 Å². The predicted molar refractivity (Wildman–Crippen MR) is 137 cm³/mol. The summed E-state index contributed by atoms with van der Waals surface area (Å²) in [6, 6.07) is 0. The molecule has 0 aliphatic rings. The highest BCUT2D eigenvalue weighted by molar-refractivity contribution is 8.00. The van der Waals surface area contributed by atoms with Gasteiger partial charge < -0.3 is 18.9 Å². The van der Waals surface area contributed by atoms with Crippen LogP contribution >= 0.6 is 34.4 Å². The lowest BCUT2D eigenvalue weighted by molar-refractivity contribution is 0.0624. The lowest BCUT2D eigenvalue weighted by atomic mass is 10.2. The maximum atomic E-state index is 11.6. The van der Waals surface area contributed by atoms with Crippen LogP contribution < -0.4 is 10.6 Å². The van der Waals surface area contributed by atoms with E-state index < -0.39 is 23.4 Å². The van der Waals surface area contributed by atoms with E-state index in [0.717, 1.165) is 15.6 Å². The first-order valence-corrected chi connectivity index (χ1v) is 13.1. The van der Waals surface area contributed by atoms with Crippen molar-refractivity contribution in [2.45, 2.75) is 70.2 Å². The van der Waals surface area contributed by atoms with E-state index in [1.54, 1.807) is 26.0 Å². The van der Waals surface area contributed by atoms with Crippen LogP contribution in [0.5, 0.6) is 0 Å². The summed E-state index contributed by atoms with van der Waals surface area (Å²) in [5, 5.41) is 8.07. The summed E-state index contributed by atoms with van der Waals surface area (Å²) in [5.74, 6) is 0. The smallest absolute Gasteiger partial charge is 0.413 e. The maximum absolute atomic E-state index is 11.6. The molecule has 192 valence electrons. The number of hydrogen-bond donors (Lipinski definition) is 2. The Hall–Kier alpha value is -1.93. The van der Waals surface area contributed by atoms with E-state index in [-0.39, 0.29) is 0 Å². The second kappa shape index (κ2) is 13.8. The molecular weight excluding hydrogens is 500 g/mol. The van der Waals surface area contributed by atoms with Gasteiger partial charge in [-0.3, -0.25) is 10.6 Å². The molecule has 0 aromatic carbocycles. The molecule has 0 saturated carbocycles. The molecule has 0 atom stereocenters. The molecule has 0 bridgehead atoms. The average molecular weight is 535 g/mol. The van der Waals surface area contributed by atoms with Gasteiger partial charge in [0.25, 0.3) is 0 Å². The van der Waals surface area contributed by atoms with Crippen LogP contribution in [0.1, 0.15) is 52.9 Å². The molecule has 0 spiro atoms. The molecule has 0 unspecified atom stereocenters. The van der Waals surface area contributed by atoms with E-state index in [9.17, 15) is 9.59 Å². The van der Waals surface area contributed by atoms with E-state index in [0.29, 0.717) is 23.5 Å². The lowest BCUT2D eigenvalue weighted by Gasteiger charge is -2.18. The fraction of sp³-hybridized carbons (Fsp3) is 0.619. The van der Waals surface area contributed by atoms with Crippen molar-refractivity contribution >= 4 is 56.9 Å². The zero-order valence-corrected chi connectivity index (χ0v) is 23.5. The topological polar surface area (TPSA) is 121 Å². The van der Waals surface area contributed by atoms with Crippen LogP contribution in [0.2, 0.25) is 0 Å². The number of aromatic nitrogens is 2. The quantitative estimate of drug-likeness (QED) is 0.412. The van der Waals surface area contributed by atoms with E-state index in [1.165, 1.54) is 22.7 Å². The Morgan fingerprint density at radius 3 is 1.91 bits per heavy atom. The van der Waals surface area contributed by atoms with Crippen molar-refractivity contribution in [1.82, 2.24) is 9.97 Å². The molecule has 0 saturated heterocycles. The number of nitrogens with one attached hydrogen (secondary N) is 2. The monoisotopic (exact) mass is 534 g/mol. The van der Waals surface area contributed by atoms with Gasteiger partial charge in [0.1, 0.15) is 11.2 Å². The Kier molecular flexibility index (Phi) is 12.2. The predicted octanol–water partition coefficient (Wildman–Crippen LogP) is 5.99. The summed E-state index contributed by atoms with van der Waals surface area (Å²) in [6.45, 7) is 11.8. The van der Waals surface area contributed by atoms with Gasteiger partial charge in [0.05, 0.1) is 28.8 Å². The van der Waals surface area contributed by atoms with Gasteiger partial charge in [-0.2, -0.15) is 0 Å². The zero-order chi connectivity index (χ0) is 25.9. The number of carbonyl (C=O) groups excluding carboxylic acids is 2. The first kappa shape index (κ1) is 30.1. The number of nitrogens with zero attached hydrogens (tertiary/aromatic N) is 2. The van der Waals surface area contributed by atoms with Crippen LogP contribution in [-0.4, -0.2) is 53.8 Å². The van der Waals surface area contributed by atoms with Gasteiger partial charge in [-0.25, -0.2) is 19.6 Å². The molecule has 2 aromatic rings. The second-order valence-corrected chi connectivity index (χ2v) is 11.7. The first-order chi connectivity index (χ1) is 15.8. The average Bonchev–Trinajstić information content (AvgIpc) is 3.26. The van der Waals surface area contributed by atoms with Gasteiger partial charge in [0.15, 0.2) is 10.3 Å². The van der Waals surface area contributed by atoms with Crippen molar-refractivity contribution in [1.29, 1.82) is 0 Å².